The quantitative estimate of drug-likeness (QED) is 0.784. The van der Waals surface area contributed by atoms with E-state index in [2.05, 4.69) is 9.84 Å². The fourth-order valence-corrected chi connectivity index (χ4v) is 1.92. The monoisotopic (exact) mass is 264 g/mol. The first-order valence-electron chi connectivity index (χ1n) is 5.45. The second-order valence-electron chi connectivity index (χ2n) is 3.99. The highest BCUT2D eigenvalue weighted by Crippen LogP contribution is 2.23. The Morgan fingerprint density at radius 2 is 2.11 bits per heavy atom. The molecule has 0 saturated carbocycles. The topological polar surface area (TPSA) is 44.1 Å². The minimum Gasteiger partial charge on any atom is -0.464 e. The molecule has 0 saturated heterocycles. The van der Waals surface area contributed by atoms with E-state index in [4.69, 9.17) is 11.6 Å². The average molecular weight is 265 g/mol. The summed E-state index contributed by atoms with van der Waals surface area (Å²) in [5.41, 5.74) is 2.82. The largest absolute Gasteiger partial charge is 0.464 e. The SMILES string of the molecule is COC(=O)c1nn(-c2cccc(C)c2)c(C)c1Cl. The molecule has 0 unspecified atom stereocenters. The van der Waals surface area contributed by atoms with Crippen LogP contribution in [0.15, 0.2) is 24.3 Å². The summed E-state index contributed by atoms with van der Waals surface area (Å²) in [5.74, 6) is -0.533. The third-order valence-corrected chi connectivity index (χ3v) is 3.12. The number of carbonyl (C=O) groups is 1. The lowest BCUT2D eigenvalue weighted by atomic mass is 10.2. The molecule has 0 bridgehead atoms. The number of hydrogen-bond donors (Lipinski definition) is 0. The Balaban J connectivity index is 2.56. The number of ether oxygens (including phenoxy) is 1. The van der Waals surface area contributed by atoms with Gasteiger partial charge in [0.1, 0.15) is 0 Å². The number of nitrogens with zero attached hydrogens (tertiary/aromatic N) is 2. The number of esters is 1. The Morgan fingerprint density at radius 1 is 1.39 bits per heavy atom. The first-order valence-corrected chi connectivity index (χ1v) is 5.83. The number of hydrogen-bond acceptors (Lipinski definition) is 3. The van der Waals surface area contributed by atoms with Crippen molar-refractivity contribution in [1.82, 2.24) is 9.78 Å². The standard InChI is InChI=1S/C13H13ClN2O2/c1-8-5-4-6-10(7-8)16-9(2)11(14)12(15-16)13(17)18-3/h4-7H,1-3H3. The van der Waals surface area contributed by atoms with Crippen LogP contribution in [-0.2, 0) is 4.74 Å². The first kappa shape index (κ1) is 12.6. The van der Waals surface area contributed by atoms with Crippen LogP contribution in [-0.4, -0.2) is 22.9 Å². The zero-order valence-electron chi connectivity index (χ0n) is 10.4. The summed E-state index contributed by atoms with van der Waals surface area (Å²) in [6, 6.07) is 7.80. The van der Waals surface area contributed by atoms with E-state index in [1.807, 2.05) is 38.1 Å². The smallest absolute Gasteiger partial charge is 0.360 e. The minimum absolute atomic E-state index is 0.137. The number of aromatic nitrogens is 2. The van der Waals surface area contributed by atoms with Gasteiger partial charge in [-0.05, 0) is 31.5 Å². The Bertz CT molecular complexity index is 605. The van der Waals surface area contributed by atoms with Crippen molar-refractivity contribution in [2.45, 2.75) is 13.8 Å². The van der Waals surface area contributed by atoms with Gasteiger partial charge in [0.05, 0.1) is 23.5 Å². The van der Waals surface area contributed by atoms with Gasteiger partial charge < -0.3 is 4.74 Å². The van der Waals surface area contributed by atoms with Crippen LogP contribution in [0, 0.1) is 13.8 Å². The molecule has 0 spiro atoms. The zero-order chi connectivity index (χ0) is 13.3. The van der Waals surface area contributed by atoms with Crippen molar-refractivity contribution in [3.05, 3.63) is 46.2 Å². The van der Waals surface area contributed by atoms with Crippen molar-refractivity contribution in [3.63, 3.8) is 0 Å². The van der Waals surface area contributed by atoms with Gasteiger partial charge in [-0.15, -0.1) is 0 Å². The van der Waals surface area contributed by atoms with Gasteiger partial charge in [0, 0.05) is 0 Å². The molecule has 18 heavy (non-hydrogen) atoms. The van der Waals surface area contributed by atoms with Crippen LogP contribution < -0.4 is 0 Å². The molecule has 5 heteroatoms. The number of carbonyl (C=O) groups excluding carboxylic acids is 1. The van der Waals surface area contributed by atoms with E-state index in [1.54, 1.807) is 4.68 Å². The number of aryl methyl sites for hydroxylation is 1. The lowest BCUT2D eigenvalue weighted by Gasteiger charge is -2.04. The summed E-state index contributed by atoms with van der Waals surface area (Å²) < 4.78 is 6.29. The summed E-state index contributed by atoms with van der Waals surface area (Å²) in [6.45, 7) is 3.80. The van der Waals surface area contributed by atoms with Crippen LogP contribution in [0.25, 0.3) is 5.69 Å². The summed E-state index contributed by atoms with van der Waals surface area (Å²) >= 11 is 6.09. The number of rotatable bonds is 2. The van der Waals surface area contributed by atoms with Gasteiger partial charge >= 0.3 is 5.97 Å². The Labute approximate surface area is 110 Å². The van der Waals surface area contributed by atoms with Gasteiger partial charge in [-0.3, -0.25) is 0 Å². The molecule has 0 fully saturated rings. The Hall–Kier alpha value is -1.81. The fourth-order valence-electron chi connectivity index (χ4n) is 1.72. The molecule has 4 nitrogen and oxygen atoms in total. The minimum atomic E-state index is -0.533. The summed E-state index contributed by atoms with van der Waals surface area (Å²) in [4.78, 5) is 11.5. The van der Waals surface area contributed by atoms with E-state index in [-0.39, 0.29) is 5.69 Å². The highest BCUT2D eigenvalue weighted by atomic mass is 35.5. The molecule has 0 amide bonds. The van der Waals surface area contributed by atoms with Gasteiger partial charge in [0.25, 0.3) is 0 Å². The van der Waals surface area contributed by atoms with E-state index >= 15 is 0 Å². The van der Waals surface area contributed by atoms with Gasteiger partial charge in [0.2, 0.25) is 0 Å². The third kappa shape index (κ3) is 2.11. The molecular formula is C13H13ClN2O2. The molecule has 1 heterocycles. The van der Waals surface area contributed by atoms with Crippen LogP contribution in [0.2, 0.25) is 5.02 Å². The molecule has 2 aromatic rings. The number of methoxy groups -OCH3 is 1. The highest BCUT2D eigenvalue weighted by molar-refractivity contribution is 6.34. The molecule has 2 rings (SSSR count). The summed E-state index contributed by atoms with van der Waals surface area (Å²) in [7, 11) is 1.31. The lowest BCUT2D eigenvalue weighted by Crippen LogP contribution is -2.04. The average Bonchev–Trinajstić information content (AvgIpc) is 2.66. The predicted octanol–water partition coefficient (Wildman–Crippen LogP) is 2.93. The first-order chi connectivity index (χ1) is 8.54. The fraction of sp³-hybridized carbons (Fsp3) is 0.231. The summed E-state index contributed by atoms with van der Waals surface area (Å²) in [5, 5.41) is 4.52. The molecule has 0 atom stereocenters. The van der Waals surface area contributed by atoms with Crippen LogP contribution in [0.4, 0.5) is 0 Å². The maximum atomic E-state index is 11.5. The molecule has 1 aromatic carbocycles. The third-order valence-electron chi connectivity index (χ3n) is 2.67. The predicted molar refractivity (Wildman–Crippen MR) is 69.4 cm³/mol. The van der Waals surface area contributed by atoms with Crippen LogP contribution >= 0.6 is 11.6 Å². The molecule has 0 aliphatic heterocycles. The number of halogens is 1. The van der Waals surface area contributed by atoms with Crippen molar-refractivity contribution >= 4 is 17.6 Å². The maximum Gasteiger partial charge on any atom is 0.360 e. The molecule has 0 radical (unpaired) electrons. The molecular weight excluding hydrogens is 252 g/mol. The second kappa shape index (κ2) is 4.82. The Kier molecular flexibility index (Phi) is 3.39. The van der Waals surface area contributed by atoms with Crippen molar-refractivity contribution in [2.24, 2.45) is 0 Å². The van der Waals surface area contributed by atoms with Crippen molar-refractivity contribution < 1.29 is 9.53 Å². The van der Waals surface area contributed by atoms with Gasteiger partial charge in [0.15, 0.2) is 5.69 Å². The van der Waals surface area contributed by atoms with Crippen LogP contribution in [0.3, 0.4) is 0 Å². The van der Waals surface area contributed by atoms with Crippen molar-refractivity contribution in [1.29, 1.82) is 0 Å². The molecule has 0 aliphatic carbocycles. The zero-order valence-corrected chi connectivity index (χ0v) is 11.2. The van der Waals surface area contributed by atoms with E-state index in [0.717, 1.165) is 11.3 Å². The molecule has 1 aromatic heterocycles. The van der Waals surface area contributed by atoms with E-state index < -0.39 is 5.97 Å². The van der Waals surface area contributed by atoms with E-state index in [9.17, 15) is 4.79 Å². The molecule has 0 N–H and O–H groups in total. The van der Waals surface area contributed by atoms with E-state index in [0.29, 0.717) is 10.7 Å². The van der Waals surface area contributed by atoms with Crippen molar-refractivity contribution in [2.75, 3.05) is 7.11 Å². The van der Waals surface area contributed by atoms with Crippen molar-refractivity contribution in [3.8, 4) is 5.69 Å². The highest BCUT2D eigenvalue weighted by Gasteiger charge is 2.20. The number of benzene rings is 1. The molecule has 94 valence electrons. The normalized spacial score (nSPS) is 10.4. The second-order valence-corrected chi connectivity index (χ2v) is 4.37. The van der Waals surface area contributed by atoms with Gasteiger partial charge in [-0.2, -0.15) is 5.10 Å². The molecule has 0 aliphatic rings. The Morgan fingerprint density at radius 3 is 2.72 bits per heavy atom. The maximum absolute atomic E-state index is 11.5. The van der Waals surface area contributed by atoms with Gasteiger partial charge in [-0.1, -0.05) is 23.7 Å². The van der Waals surface area contributed by atoms with Crippen LogP contribution in [0.5, 0.6) is 0 Å². The summed E-state index contributed by atoms with van der Waals surface area (Å²) in [6.07, 6.45) is 0. The van der Waals surface area contributed by atoms with Crippen LogP contribution in [0.1, 0.15) is 21.7 Å². The lowest BCUT2D eigenvalue weighted by molar-refractivity contribution is 0.0593. The van der Waals surface area contributed by atoms with Gasteiger partial charge in [-0.25, -0.2) is 9.48 Å². The van der Waals surface area contributed by atoms with E-state index in [1.165, 1.54) is 7.11 Å².